The van der Waals surface area contributed by atoms with Gasteiger partial charge in [-0.15, -0.1) is 11.3 Å². The largest absolute Gasteiger partial charge is 0.496 e. The average Bonchev–Trinajstić information content (AvgIpc) is 3.04. The summed E-state index contributed by atoms with van der Waals surface area (Å²) < 4.78 is 5.35. The number of ether oxygens (including phenoxy) is 1. The molecule has 1 aromatic heterocycles. The first-order valence-corrected chi connectivity index (χ1v) is 8.97. The van der Waals surface area contributed by atoms with Crippen molar-refractivity contribution >= 4 is 34.5 Å². The molecule has 0 aliphatic heterocycles. The fourth-order valence-corrected chi connectivity index (χ4v) is 3.85. The Labute approximate surface area is 155 Å². The Morgan fingerprint density at radius 3 is 2.75 bits per heavy atom. The van der Waals surface area contributed by atoms with Gasteiger partial charge in [0.05, 0.1) is 17.0 Å². The Morgan fingerprint density at radius 1 is 1.12 bits per heavy atom. The summed E-state index contributed by atoms with van der Waals surface area (Å²) in [5.41, 5.74) is 2.08. The Kier molecular flexibility index (Phi) is 5.74. The third-order valence-corrected chi connectivity index (χ3v) is 5.11. The Bertz CT molecular complexity index is 835. The summed E-state index contributed by atoms with van der Waals surface area (Å²) in [5.74, 6) is 0.887. The van der Waals surface area contributed by atoms with E-state index in [1.54, 1.807) is 24.5 Å². The van der Waals surface area contributed by atoms with Crippen LogP contribution in [0.2, 0.25) is 10.0 Å². The number of benzene rings is 2. The van der Waals surface area contributed by atoms with E-state index in [9.17, 15) is 0 Å². The van der Waals surface area contributed by atoms with E-state index < -0.39 is 0 Å². The first-order chi connectivity index (χ1) is 11.7. The summed E-state index contributed by atoms with van der Waals surface area (Å²) in [6, 6.07) is 13.5. The topological polar surface area (TPSA) is 34.1 Å². The lowest BCUT2D eigenvalue weighted by molar-refractivity contribution is 0.407. The van der Waals surface area contributed by atoms with Crippen LogP contribution in [-0.4, -0.2) is 12.1 Å². The third-order valence-electron chi connectivity index (χ3n) is 3.53. The first kappa shape index (κ1) is 17.2. The first-order valence-electron chi connectivity index (χ1n) is 7.40. The van der Waals surface area contributed by atoms with Crippen LogP contribution in [0.15, 0.2) is 48.7 Å². The van der Waals surface area contributed by atoms with Crippen molar-refractivity contribution in [2.24, 2.45) is 0 Å². The summed E-state index contributed by atoms with van der Waals surface area (Å²) in [7, 11) is 1.68. The number of nitrogens with zero attached hydrogens (tertiary/aromatic N) is 1. The fourth-order valence-electron chi connectivity index (χ4n) is 2.36. The molecule has 2 aromatic carbocycles. The van der Waals surface area contributed by atoms with Crippen LogP contribution in [0.5, 0.6) is 5.75 Å². The smallest absolute Gasteiger partial charge is 0.123 e. The van der Waals surface area contributed by atoms with Crippen LogP contribution in [0.1, 0.15) is 10.6 Å². The molecule has 0 spiro atoms. The molecule has 0 radical (unpaired) electrons. The highest BCUT2D eigenvalue weighted by Crippen LogP contribution is 2.33. The van der Waals surface area contributed by atoms with Gasteiger partial charge in [0.25, 0.3) is 0 Å². The molecule has 0 saturated carbocycles. The normalized spacial score (nSPS) is 10.8. The second-order valence-electron chi connectivity index (χ2n) is 5.16. The number of nitrogens with one attached hydrogen (secondary N) is 1. The average molecular weight is 379 g/mol. The van der Waals surface area contributed by atoms with E-state index in [0.717, 1.165) is 33.3 Å². The number of halogens is 2. The molecule has 1 N–H and O–H groups in total. The maximum Gasteiger partial charge on any atom is 0.123 e. The molecule has 3 rings (SSSR count). The van der Waals surface area contributed by atoms with Crippen molar-refractivity contribution in [3.8, 4) is 16.2 Å². The van der Waals surface area contributed by atoms with Gasteiger partial charge in [0.15, 0.2) is 0 Å². The molecule has 3 aromatic rings. The summed E-state index contributed by atoms with van der Waals surface area (Å²) in [6.07, 6.45) is 1.85. The van der Waals surface area contributed by atoms with E-state index in [1.165, 1.54) is 0 Å². The molecular weight excluding hydrogens is 363 g/mol. The molecule has 0 bridgehead atoms. The molecule has 0 atom stereocenters. The number of methoxy groups -OCH3 is 1. The molecule has 0 saturated heterocycles. The highest BCUT2D eigenvalue weighted by atomic mass is 35.5. The van der Waals surface area contributed by atoms with E-state index in [2.05, 4.69) is 10.3 Å². The summed E-state index contributed by atoms with van der Waals surface area (Å²) in [6.45, 7) is 1.41. The number of hydrogen-bond donors (Lipinski definition) is 1. The van der Waals surface area contributed by atoms with Crippen molar-refractivity contribution in [3.63, 3.8) is 0 Å². The molecule has 3 nitrogen and oxygen atoms in total. The van der Waals surface area contributed by atoms with Crippen LogP contribution < -0.4 is 10.1 Å². The van der Waals surface area contributed by atoms with Crippen molar-refractivity contribution in [3.05, 3.63) is 69.3 Å². The molecule has 124 valence electrons. The van der Waals surface area contributed by atoms with E-state index in [0.29, 0.717) is 16.6 Å². The quantitative estimate of drug-likeness (QED) is 0.621. The van der Waals surface area contributed by atoms with Crippen LogP contribution in [0.25, 0.3) is 10.4 Å². The minimum atomic E-state index is 0.631. The number of hydrogen-bond acceptors (Lipinski definition) is 4. The van der Waals surface area contributed by atoms with Gasteiger partial charge in [-0.3, -0.25) is 0 Å². The van der Waals surface area contributed by atoms with Gasteiger partial charge in [0.2, 0.25) is 0 Å². The van der Waals surface area contributed by atoms with Crippen molar-refractivity contribution in [1.82, 2.24) is 10.3 Å². The maximum absolute atomic E-state index is 6.26. The van der Waals surface area contributed by atoms with Gasteiger partial charge in [-0.05, 0) is 18.2 Å². The molecule has 6 heteroatoms. The van der Waals surface area contributed by atoms with Crippen molar-refractivity contribution in [2.75, 3.05) is 7.11 Å². The lowest BCUT2D eigenvalue weighted by Crippen LogP contribution is -2.13. The lowest BCUT2D eigenvalue weighted by atomic mass is 10.2. The van der Waals surface area contributed by atoms with Gasteiger partial charge in [-0.1, -0.05) is 47.5 Å². The molecule has 0 aliphatic carbocycles. The maximum atomic E-state index is 6.26. The Hall–Kier alpha value is -1.59. The second-order valence-corrected chi connectivity index (χ2v) is 7.12. The monoisotopic (exact) mass is 378 g/mol. The van der Waals surface area contributed by atoms with Gasteiger partial charge >= 0.3 is 0 Å². The van der Waals surface area contributed by atoms with Crippen LogP contribution in [0.4, 0.5) is 0 Å². The van der Waals surface area contributed by atoms with Crippen molar-refractivity contribution in [1.29, 1.82) is 0 Å². The highest BCUT2D eigenvalue weighted by molar-refractivity contribution is 7.15. The van der Waals surface area contributed by atoms with Gasteiger partial charge in [0, 0.05) is 35.4 Å². The minimum absolute atomic E-state index is 0.631. The Balaban J connectivity index is 1.64. The zero-order chi connectivity index (χ0) is 16.9. The van der Waals surface area contributed by atoms with E-state index in [-0.39, 0.29) is 0 Å². The van der Waals surface area contributed by atoms with Crippen molar-refractivity contribution in [2.45, 2.75) is 13.1 Å². The summed E-state index contributed by atoms with van der Waals surface area (Å²) >= 11 is 13.8. The van der Waals surface area contributed by atoms with Gasteiger partial charge in [0.1, 0.15) is 10.8 Å². The lowest BCUT2D eigenvalue weighted by Gasteiger charge is -2.08. The molecule has 0 fully saturated rings. The SMILES string of the molecule is COc1ccccc1CNCc1ncc(-c2ccc(Cl)cc2Cl)s1. The standard InChI is InChI=1S/C18H16Cl2N2OS/c1-23-16-5-3-2-4-12(16)9-21-11-18-22-10-17(24-18)14-7-6-13(19)8-15(14)20/h2-8,10,21H,9,11H2,1H3. The predicted molar refractivity (Wildman–Crippen MR) is 101 cm³/mol. The zero-order valence-electron chi connectivity index (χ0n) is 13.1. The van der Waals surface area contributed by atoms with E-state index in [4.69, 9.17) is 27.9 Å². The highest BCUT2D eigenvalue weighted by Gasteiger charge is 2.09. The number of para-hydroxylation sites is 1. The van der Waals surface area contributed by atoms with Crippen LogP contribution in [0.3, 0.4) is 0 Å². The molecule has 24 heavy (non-hydrogen) atoms. The number of thiazole rings is 1. The Morgan fingerprint density at radius 2 is 1.96 bits per heavy atom. The van der Waals surface area contributed by atoms with E-state index >= 15 is 0 Å². The molecule has 1 heterocycles. The van der Waals surface area contributed by atoms with Gasteiger partial charge in [-0.25, -0.2) is 4.98 Å². The number of aromatic nitrogens is 1. The molecule has 0 aliphatic rings. The van der Waals surface area contributed by atoms with Crippen LogP contribution >= 0.6 is 34.5 Å². The minimum Gasteiger partial charge on any atom is -0.496 e. The van der Waals surface area contributed by atoms with E-state index in [1.807, 2.05) is 42.6 Å². The zero-order valence-corrected chi connectivity index (χ0v) is 15.4. The molecule has 0 unspecified atom stereocenters. The number of rotatable bonds is 6. The third kappa shape index (κ3) is 4.08. The van der Waals surface area contributed by atoms with Crippen LogP contribution in [0, 0.1) is 0 Å². The molecular formula is C18H16Cl2N2OS. The fraction of sp³-hybridized carbons (Fsp3) is 0.167. The van der Waals surface area contributed by atoms with Gasteiger partial charge in [-0.2, -0.15) is 0 Å². The molecule has 0 amide bonds. The van der Waals surface area contributed by atoms with Crippen molar-refractivity contribution < 1.29 is 4.74 Å². The second kappa shape index (κ2) is 7.99. The summed E-state index contributed by atoms with van der Waals surface area (Å²) in [4.78, 5) is 5.50. The van der Waals surface area contributed by atoms with Gasteiger partial charge < -0.3 is 10.1 Å². The predicted octanol–water partition coefficient (Wildman–Crippen LogP) is 5.42. The van der Waals surface area contributed by atoms with Crippen LogP contribution in [-0.2, 0) is 13.1 Å². The summed E-state index contributed by atoms with van der Waals surface area (Å²) in [5, 5.41) is 5.67.